The van der Waals surface area contributed by atoms with Crippen LogP contribution in [-0.4, -0.2) is 24.4 Å². The number of phenols is 1. The Morgan fingerprint density at radius 3 is 2.70 bits per heavy atom. The van der Waals surface area contributed by atoms with Crippen LogP contribution in [0.4, 0.5) is 5.69 Å². The third kappa shape index (κ3) is 3.03. The molecule has 1 N–H and O–H groups in total. The third-order valence-corrected chi connectivity index (χ3v) is 2.91. The van der Waals surface area contributed by atoms with Crippen LogP contribution in [0.1, 0.15) is 21.5 Å². The minimum Gasteiger partial charge on any atom is -0.507 e. The van der Waals surface area contributed by atoms with Gasteiger partial charge in [-0.25, -0.2) is 4.79 Å². The molecule has 0 aliphatic carbocycles. The van der Waals surface area contributed by atoms with Crippen molar-refractivity contribution in [2.45, 2.75) is 6.92 Å². The van der Waals surface area contributed by atoms with Crippen LogP contribution < -0.4 is 0 Å². The van der Waals surface area contributed by atoms with Crippen molar-refractivity contribution in [1.82, 2.24) is 0 Å². The Morgan fingerprint density at radius 1 is 1.25 bits per heavy atom. The van der Waals surface area contributed by atoms with Gasteiger partial charge in [0.1, 0.15) is 5.75 Å². The number of benzene rings is 2. The zero-order valence-corrected chi connectivity index (χ0v) is 11.3. The molecule has 0 saturated heterocycles. The van der Waals surface area contributed by atoms with E-state index in [0.29, 0.717) is 16.8 Å². The van der Waals surface area contributed by atoms with Gasteiger partial charge in [-0.3, -0.25) is 4.99 Å². The normalized spacial score (nSPS) is 10.7. The molecule has 0 aliphatic rings. The molecule has 0 aromatic heterocycles. The molecule has 0 saturated carbocycles. The van der Waals surface area contributed by atoms with Crippen molar-refractivity contribution in [3.05, 3.63) is 59.2 Å². The van der Waals surface area contributed by atoms with Gasteiger partial charge in [0.2, 0.25) is 0 Å². The molecule has 0 fully saturated rings. The van der Waals surface area contributed by atoms with Crippen molar-refractivity contribution < 1.29 is 14.6 Å². The molecule has 0 radical (unpaired) electrons. The molecule has 0 heterocycles. The molecule has 0 atom stereocenters. The monoisotopic (exact) mass is 269 g/mol. The van der Waals surface area contributed by atoms with E-state index in [1.165, 1.54) is 7.11 Å². The first kappa shape index (κ1) is 13.8. The maximum absolute atomic E-state index is 11.5. The molecule has 102 valence electrons. The molecular weight excluding hydrogens is 254 g/mol. The minimum absolute atomic E-state index is 0.165. The van der Waals surface area contributed by atoms with Gasteiger partial charge in [-0.2, -0.15) is 0 Å². The van der Waals surface area contributed by atoms with Crippen molar-refractivity contribution >= 4 is 17.9 Å². The van der Waals surface area contributed by atoms with Crippen molar-refractivity contribution in [3.8, 4) is 5.75 Å². The van der Waals surface area contributed by atoms with Crippen molar-refractivity contribution in [2.24, 2.45) is 4.99 Å². The Bertz CT molecular complexity index is 663. The highest BCUT2D eigenvalue weighted by atomic mass is 16.5. The molecule has 0 bridgehead atoms. The van der Waals surface area contributed by atoms with Crippen LogP contribution in [0.15, 0.2) is 47.5 Å². The molecule has 20 heavy (non-hydrogen) atoms. The van der Waals surface area contributed by atoms with Gasteiger partial charge in [-0.1, -0.05) is 18.2 Å². The van der Waals surface area contributed by atoms with Crippen LogP contribution in [0.25, 0.3) is 0 Å². The lowest BCUT2D eigenvalue weighted by Gasteiger charge is -2.04. The summed E-state index contributed by atoms with van der Waals surface area (Å²) in [5.74, 6) is -0.234. The quantitative estimate of drug-likeness (QED) is 0.687. The second-order valence-electron chi connectivity index (χ2n) is 4.31. The van der Waals surface area contributed by atoms with Crippen LogP contribution in [0.2, 0.25) is 0 Å². The first-order valence-corrected chi connectivity index (χ1v) is 6.13. The fourth-order valence-electron chi connectivity index (χ4n) is 1.73. The zero-order chi connectivity index (χ0) is 14.5. The zero-order valence-electron chi connectivity index (χ0n) is 11.3. The fraction of sp³-hybridized carbons (Fsp3) is 0.125. The summed E-state index contributed by atoms with van der Waals surface area (Å²) < 4.78 is 4.68. The Morgan fingerprint density at radius 2 is 2.00 bits per heavy atom. The Kier molecular flexibility index (Phi) is 4.15. The average molecular weight is 269 g/mol. The van der Waals surface area contributed by atoms with Crippen LogP contribution in [0, 0.1) is 6.92 Å². The largest absolute Gasteiger partial charge is 0.507 e. The Balaban J connectivity index is 2.33. The lowest BCUT2D eigenvalue weighted by Crippen LogP contribution is -2.00. The average Bonchev–Trinajstić information content (AvgIpc) is 2.47. The number of ether oxygens (including phenoxy) is 1. The third-order valence-electron chi connectivity index (χ3n) is 2.91. The number of nitrogens with zero attached hydrogens (tertiary/aromatic N) is 1. The van der Waals surface area contributed by atoms with Gasteiger partial charge in [0.05, 0.1) is 18.4 Å². The summed E-state index contributed by atoms with van der Waals surface area (Å²) in [5, 5.41) is 9.67. The summed E-state index contributed by atoms with van der Waals surface area (Å²) in [7, 11) is 1.34. The number of esters is 1. The second-order valence-corrected chi connectivity index (χ2v) is 4.31. The van der Waals surface area contributed by atoms with E-state index in [9.17, 15) is 9.90 Å². The van der Waals surface area contributed by atoms with Gasteiger partial charge in [-0.05, 0) is 36.8 Å². The number of methoxy groups -OCH3 is 1. The van der Waals surface area contributed by atoms with Gasteiger partial charge < -0.3 is 9.84 Å². The molecule has 2 aromatic rings. The number of para-hydroxylation sites is 1. The highest BCUT2D eigenvalue weighted by Gasteiger charge is 2.07. The highest BCUT2D eigenvalue weighted by molar-refractivity contribution is 5.91. The Hall–Kier alpha value is -2.62. The number of rotatable bonds is 3. The number of phenolic OH excluding ortho intramolecular Hbond substituents is 1. The van der Waals surface area contributed by atoms with Crippen molar-refractivity contribution in [3.63, 3.8) is 0 Å². The predicted octanol–water partition coefficient (Wildman–Crippen LogP) is 3.24. The highest BCUT2D eigenvalue weighted by Crippen LogP contribution is 2.22. The van der Waals surface area contributed by atoms with E-state index < -0.39 is 5.97 Å². The van der Waals surface area contributed by atoms with E-state index in [1.54, 1.807) is 36.5 Å². The van der Waals surface area contributed by atoms with Crippen LogP contribution >= 0.6 is 0 Å². The summed E-state index contributed by atoms with van der Waals surface area (Å²) in [6.07, 6.45) is 1.57. The molecule has 0 aliphatic heterocycles. The maximum atomic E-state index is 11.5. The van der Waals surface area contributed by atoms with Gasteiger partial charge in [0.15, 0.2) is 0 Å². The number of hydrogen-bond donors (Lipinski definition) is 1. The van der Waals surface area contributed by atoms with Gasteiger partial charge >= 0.3 is 5.97 Å². The van der Waals surface area contributed by atoms with Gasteiger partial charge in [0.25, 0.3) is 0 Å². The van der Waals surface area contributed by atoms with E-state index in [0.717, 1.165) is 5.56 Å². The van der Waals surface area contributed by atoms with Crippen LogP contribution in [0.3, 0.4) is 0 Å². The fourth-order valence-corrected chi connectivity index (χ4v) is 1.73. The smallest absolute Gasteiger partial charge is 0.337 e. The minimum atomic E-state index is -0.399. The Labute approximate surface area is 117 Å². The molecule has 0 amide bonds. The predicted molar refractivity (Wildman–Crippen MR) is 77.9 cm³/mol. The first-order chi connectivity index (χ1) is 9.61. The molecule has 4 nitrogen and oxygen atoms in total. The molecular formula is C16H15NO3. The summed E-state index contributed by atoms with van der Waals surface area (Å²) in [4.78, 5) is 15.8. The molecule has 2 rings (SSSR count). The van der Waals surface area contributed by atoms with Crippen molar-refractivity contribution in [1.29, 1.82) is 0 Å². The standard InChI is InChI=1S/C16H15NO3/c1-11-7-8-12(16(19)20-2)9-14(11)17-10-13-5-3-4-6-15(13)18/h3-10,18H,1-2H3. The number of hydrogen-bond acceptors (Lipinski definition) is 4. The van der Waals surface area contributed by atoms with E-state index >= 15 is 0 Å². The van der Waals surface area contributed by atoms with E-state index in [4.69, 9.17) is 0 Å². The van der Waals surface area contributed by atoms with Crippen LogP contribution in [-0.2, 0) is 4.74 Å². The summed E-state index contributed by atoms with van der Waals surface area (Å²) in [6.45, 7) is 1.90. The number of aromatic hydroxyl groups is 1. The number of carbonyl (C=O) groups is 1. The van der Waals surface area contributed by atoms with Crippen LogP contribution in [0.5, 0.6) is 5.75 Å². The number of aliphatic imine (C=N–C) groups is 1. The molecule has 4 heteroatoms. The second kappa shape index (κ2) is 6.02. The van der Waals surface area contributed by atoms with E-state index in [2.05, 4.69) is 9.73 Å². The first-order valence-electron chi connectivity index (χ1n) is 6.13. The maximum Gasteiger partial charge on any atom is 0.337 e. The summed E-state index contributed by atoms with van der Waals surface area (Å²) in [5.41, 5.74) is 2.67. The summed E-state index contributed by atoms with van der Waals surface area (Å²) in [6, 6.07) is 12.1. The summed E-state index contributed by atoms with van der Waals surface area (Å²) >= 11 is 0. The van der Waals surface area contributed by atoms with E-state index in [1.807, 2.05) is 19.1 Å². The number of aryl methyl sites for hydroxylation is 1. The van der Waals surface area contributed by atoms with Crippen molar-refractivity contribution in [2.75, 3.05) is 7.11 Å². The van der Waals surface area contributed by atoms with Gasteiger partial charge in [-0.15, -0.1) is 0 Å². The molecule has 2 aromatic carbocycles. The topological polar surface area (TPSA) is 58.9 Å². The lowest BCUT2D eigenvalue weighted by molar-refractivity contribution is 0.0601. The SMILES string of the molecule is COC(=O)c1ccc(C)c(N=Cc2ccccc2O)c1. The molecule has 0 unspecified atom stereocenters. The number of carbonyl (C=O) groups excluding carboxylic acids is 1. The lowest BCUT2D eigenvalue weighted by atomic mass is 10.1. The van der Waals surface area contributed by atoms with E-state index in [-0.39, 0.29) is 5.75 Å². The van der Waals surface area contributed by atoms with Gasteiger partial charge in [0, 0.05) is 11.8 Å². The molecule has 0 spiro atoms.